The van der Waals surface area contributed by atoms with Gasteiger partial charge in [0.25, 0.3) is 0 Å². The molecule has 1 amide bonds. The van der Waals surface area contributed by atoms with Crippen LogP contribution in [0.4, 0.5) is 4.39 Å². The molecule has 37 heavy (non-hydrogen) atoms. The van der Waals surface area contributed by atoms with Crippen molar-refractivity contribution in [1.29, 1.82) is 5.26 Å². The molecule has 202 valence electrons. The van der Waals surface area contributed by atoms with E-state index in [1.165, 1.54) is 6.07 Å². The summed E-state index contributed by atoms with van der Waals surface area (Å²) in [5.41, 5.74) is 8.04. The van der Waals surface area contributed by atoms with Crippen LogP contribution < -0.4 is 15.8 Å². The van der Waals surface area contributed by atoms with Crippen molar-refractivity contribution in [2.45, 2.75) is 44.5 Å². The van der Waals surface area contributed by atoms with Gasteiger partial charge in [0.15, 0.2) is 0 Å². The van der Waals surface area contributed by atoms with Crippen LogP contribution in [-0.4, -0.2) is 49.2 Å². The lowest BCUT2D eigenvalue weighted by atomic mass is 9.99. The van der Waals surface area contributed by atoms with E-state index >= 15 is 0 Å². The first kappa shape index (κ1) is 30.0. The Bertz CT molecular complexity index is 1140. The average Bonchev–Trinajstić information content (AvgIpc) is 3.26. The van der Waals surface area contributed by atoms with Crippen molar-refractivity contribution in [1.82, 2.24) is 5.32 Å². The van der Waals surface area contributed by atoms with E-state index in [-0.39, 0.29) is 27.0 Å². The number of hydrogen-bond donors (Lipinski definition) is 2. The number of primary amides is 1. The number of fused-ring (bicyclic) bond motifs is 1. The lowest BCUT2D eigenvalue weighted by Crippen LogP contribution is -2.37. The molecule has 1 fully saturated rings. The van der Waals surface area contributed by atoms with Crippen LogP contribution in [0.15, 0.2) is 42.5 Å². The molecule has 2 aliphatic heterocycles. The molecule has 0 aromatic heterocycles. The van der Waals surface area contributed by atoms with E-state index < -0.39 is 6.10 Å². The predicted molar refractivity (Wildman–Crippen MR) is 150 cm³/mol. The maximum absolute atomic E-state index is 14.1. The lowest BCUT2D eigenvalue weighted by molar-refractivity contribution is -0.133. The number of ether oxygens (including phenoxy) is 2. The molecular weight excluding hydrogens is 493 g/mol. The van der Waals surface area contributed by atoms with Gasteiger partial charge in [-0.3, -0.25) is 9.59 Å². The molecule has 0 aliphatic carbocycles. The normalized spacial score (nSPS) is 18.3. The van der Waals surface area contributed by atoms with Crippen LogP contribution >= 0.6 is 11.8 Å². The summed E-state index contributed by atoms with van der Waals surface area (Å²) in [4.78, 5) is 22.2. The van der Waals surface area contributed by atoms with E-state index in [9.17, 15) is 14.0 Å². The molecule has 0 spiro atoms. The number of hydrogen-bond acceptors (Lipinski definition) is 7. The highest BCUT2D eigenvalue weighted by molar-refractivity contribution is 7.99. The van der Waals surface area contributed by atoms with E-state index in [1.54, 1.807) is 36.0 Å². The van der Waals surface area contributed by atoms with Crippen molar-refractivity contribution >= 4 is 29.7 Å². The summed E-state index contributed by atoms with van der Waals surface area (Å²) in [5, 5.41) is 12.1. The first-order valence-electron chi connectivity index (χ1n) is 12.2. The maximum atomic E-state index is 14.1. The van der Waals surface area contributed by atoms with Gasteiger partial charge in [0, 0.05) is 33.2 Å². The fraction of sp³-hybridized carbons (Fsp3) is 0.393. The van der Waals surface area contributed by atoms with Gasteiger partial charge in [0.1, 0.15) is 17.7 Å². The van der Waals surface area contributed by atoms with Crippen molar-refractivity contribution in [3.63, 3.8) is 0 Å². The molecule has 0 bridgehead atoms. The Balaban J connectivity index is 0.000000773. The first-order chi connectivity index (χ1) is 17.9. The second kappa shape index (κ2) is 15.8. The fourth-order valence-corrected chi connectivity index (χ4v) is 4.07. The number of aryl methyl sites for hydroxylation is 1. The lowest BCUT2D eigenvalue weighted by Gasteiger charge is -2.11. The molecular formula is C28H38FN3O4S. The van der Waals surface area contributed by atoms with Gasteiger partial charge in [-0.25, -0.2) is 4.39 Å². The third-order valence-electron chi connectivity index (χ3n) is 5.54. The number of rotatable bonds is 5. The zero-order valence-electron chi connectivity index (χ0n) is 21.5. The number of carbonyl (C=O) groups excluding carboxylic acids is 2. The summed E-state index contributed by atoms with van der Waals surface area (Å²) in [7, 11) is 0. The second-order valence-corrected chi connectivity index (χ2v) is 9.18. The summed E-state index contributed by atoms with van der Waals surface area (Å²) in [6, 6.07) is 12.4. The van der Waals surface area contributed by atoms with Crippen molar-refractivity contribution in [3.05, 3.63) is 59.4 Å². The Labute approximate surface area is 225 Å². The molecule has 9 heteroatoms. The predicted octanol–water partition coefficient (Wildman–Crippen LogP) is 4.98. The number of nitrogens with one attached hydrogen (secondary N) is 1. The Kier molecular flexibility index (Phi) is 12.8. The quantitative estimate of drug-likeness (QED) is 0.413. The molecule has 1 unspecified atom stereocenters. The summed E-state index contributed by atoms with van der Waals surface area (Å²) >= 11 is 1.73. The fourth-order valence-electron chi connectivity index (χ4n) is 3.57. The number of carbonyl (C=O) groups is 2. The van der Waals surface area contributed by atoms with Gasteiger partial charge in [-0.05, 0) is 47.6 Å². The Morgan fingerprint density at radius 3 is 2.65 bits per heavy atom. The van der Waals surface area contributed by atoms with Crippen LogP contribution in [0.3, 0.4) is 0 Å². The molecule has 2 aromatic rings. The number of halogens is 1. The SMILES string of the molecule is CC.CS[C@@H]1CNCC(C(N)=O)OC1.N#CCCc1ccc(-c2ccc3c(c2)C=CCC(=O)O3)cc1F.[HH].[HH]. The number of nitriles is 1. The number of esters is 1. The van der Waals surface area contributed by atoms with Crippen LogP contribution in [0.25, 0.3) is 17.2 Å². The van der Waals surface area contributed by atoms with Crippen LogP contribution in [0.5, 0.6) is 5.75 Å². The molecule has 2 aliphatic rings. The minimum atomic E-state index is -0.456. The molecule has 3 N–H and O–H groups in total. The number of benzene rings is 2. The molecule has 4 rings (SSSR count). The van der Waals surface area contributed by atoms with E-state index in [4.69, 9.17) is 20.5 Å². The van der Waals surface area contributed by atoms with Gasteiger partial charge in [0.2, 0.25) is 5.91 Å². The number of thioether (sulfide) groups is 1. The smallest absolute Gasteiger partial charge is 0.315 e. The molecule has 2 heterocycles. The summed E-state index contributed by atoms with van der Waals surface area (Å²) in [6.45, 7) is 6.01. The van der Waals surface area contributed by atoms with E-state index in [0.717, 1.165) is 23.2 Å². The van der Waals surface area contributed by atoms with Crippen LogP contribution in [-0.2, 0) is 20.7 Å². The Morgan fingerprint density at radius 1 is 1.24 bits per heavy atom. The second-order valence-electron chi connectivity index (χ2n) is 8.04. The maximum Gasteiger partial charge on any atom is 0.315 e. The van der Waals surface area contributed by atoms with Crippen molar-refractivity contribution < 1.29 is 26.3 Å². The topological polar surface area (TPSA) is 114 Å². The summed E-state index contributed by atoms with van der Waals surface area (Å²) < 4.78 is 24.7. The van der Waals surface area contributed by atoms with Crippen molar-refractivity contribution in [3.8, 4) is 22.9 Å². The largest absolute Gasteiger partial charge is 0.426 e. The zero-order valence-corrected chi connectivity index (χ0v) is 22.3. The minimum Gasteiger partial charge on any atom is -0.426 e. The molecule has 7 nitrogen and oxygen atoms in total. The van der Waals surface area contributed by atoms with E-state index in [1.807, 2.05) is 44.4 Å². The highest BCUT2D eigenvalue weighted by Gasteiger charge is 2.21. The van der Waals surface area contributed by atoms with Gasteiger partial charge in [-0.1, -0.05) is 44.2 Å². The van der Waals surface area contributed by atoms with Gasteiger partial charge < -0.3 is 20.5 Å². The Morgan fingerprint density at radius 2 is 1.97 bits per heavy atom. The highest BCUT2D eigenvalue weighted by Crippen LogP contribution is 2.30. The van der Waals surface area contributed by atoms with Crippen molar-refractivity contribution in [2.75, 3.05) is 26.0 Å². The molecule has 0 radical (unpaired) electrons. The minimum absolute atomic E-state index is 0. The molecule has 0 saturated carbocycles. The molecule has 2 aromatic carbocycles. The van der Waals surface area contributed by atoms with Gasteiger partial charge in [-0.15, -0.1) is 0 Å². The van der Waals surface area contributed by atoms with Crippen molar-refractivity contribution in [2.24, 2.45) is 5.73 Å². The third-order valence-corrected chi connectivity index (χ3v) is 6.51. The standard InChI is InChI=1S/C19H14FNO2.C7H14N2O2S.C2H6.2H2/c20-17-12-15(7-6-13(17)4-2-10-21)14-8-9-18-16(11-14)3-1-5-19(22)23-18;1-12-5-2-9-3-6(7(8)10)11-4-5;1-2;;/h1,3,6-9,11-12H,2,4-5H2;5-6,9H,2-4H2,1H3,(H2,8,10);1-2H3;2*1H/t;5-,6?;;;/m.1.../s1. The van der Waals surface area contributed by atoms with Gasteiger partial charge in [0.05, 0.1) is 19.1 Å². The Hall–Kier alpha value is -3.19. The van der Waals surface area contributed by atoms with Crippen LogP contribution in [0.2, 0.25) is 0 Å². The average molecular weight is 532 g/mol. The third kappa shape index (κ3) is 9.32. The zero-order chi connectivity index (χ0) is 27.2. The number of amides is 1. The van der Waals surface area contributed by atoms with Gasteiger partial charge in [-0.2, -0.15) is 17.0 Å². The molecule has 1 saturated heterocycles. The number of nitrogens with zero attached hydrogens (tertiary/aromatic N) is 1. The van der Waals surface area contributed by atoms with E-state index in [2.05, 4.69) is 5.32 Å². The number of nitrogens with two attached hydrogens (primary N) is 1. The molecule has 2 atom stereocenters. The first-order valence-corrected chi connectivity index (χ1v) is 13.5. The van der Waals surface area contributed by atoms with Gasteiger partial charge >= 0.3 is 5.97 Å². The monoisotopic (exact) mass is 531 g/mol. The van der Waals surface area contributed by atoms with E-state index in [0.29, 0.717) is 42.6 Å². The summed E-state index contributed by atoms with van der Waals surface area (Å²) in [5.74, 6) is -0.474. The van der Waals surface area contributed by atoms with Crippen LogP contribution in [0, 0.1) is 17.1 Å². The summed E-state index contributed by atoms with van der Waals surface area (Å²) in [6.07, 6.45) is 6.11. The van der Waals surface area contributed by atoms with Crippen LogP contribution in [0.1, 0.15) is 40.7 Å². The highest BCUT2D eigenvalue weighted by atomic mass is 32.2.